The lowest BCUT2D eigenvalue weighted by atomic mass is 10.4. The number of thioether (sulfide) groups is 2. The molecular formula is C16H27NO6S2. The molecule has 9 heteroatoms. The van der Waals surface area contributed by atoms with Crippen LogP contribution in [-0.2, 0) is 28.7 Å². The molecule has 0 aromatic rings. The van der Waals surface area contributed by atoms with Crippen LogP contribution in [0.3, 0.4) is 0 Å². The molecule has 0 aromatic carbocycles. The highest BCUT2D eigenvalue weighted by Gasteiger charge is 2.10. The van der Waals surface area contributed by atoms with E-state index in [0.29, 0.717) is 44.1 Å². The van der Waals surface area contributed by atoms with Gasteiger partial charge in [-0.2, -0.15) is 0 Å². The Kier molecular flexibility index (Phi) is 16.0. The van der Waals surface area contributed by atoms with Gasteiger partial charge in [0.2, 0.25) is 5.91 Å². The number of ether oxygens (including phenoxy) is 2. The number of likely N-dealkylation sites (N-methyl/N-ethyl adjacent to an activating group) is 1. The number of carbonyl (C=O) groups is 4. The number of aldehydes is 1. The lowest BCUT2D eigenvalue weighted by molar-refractivity contribution is -0.135. The van der Waals surface area contributed by atoms with Gasteiger partial charge in [0.15, 0.2) is 10.2 Å². The second-order valence-electron chi connectivity index (χ2n) is 4.80. The van der Waals surface area contributed by atoms with Crippen molar-refractivity contribution in [3.63, 3.8) is 0 Å². The molecule has 0 unspecified atom stereocenters. The molecule has 0 aliphatic heterocycles. The lowest BCUT2D eigenvalue weighted by Gasteiger charge is -2.18. The molecule has 0 aromatic heterocycles. The molecule has 0 saturated carbocycles. The maximum Gasteiger partial charge on any atom is 0.248 e. The number of hydrogen-bond donors (Lipinski definition) is 0. The fraction of sp³-hybridized carbons (Fsp3) is 0.750. The van der Waals surface area contributed by atoms with Crippen LogP contribution in [0.4, 0.5) is 0 Å². The van der Waals surface area contributed by atoms with E-state index in [9.17, 15) is 19.2 Å². The van der Waals surface area contributed by atoms with Crippen molar-refractivity contribution in [1.82, 2.24) is 4.90 Å². The molecule has 0 fully saturated rings. The number of amides is 1. The topological polar surface area (TPSA) is 90.0 Å². The fourth-order valence-electron chi connectivity index (χ4n) is 1.74. The van der Waals surface area contributed by atoms with Gasteiger partial charge in [-0.05, 0) is 13.8 Å². The Balaban J connectivity index is 3.59. The summed E-state index contributed by atoms with van der Waals surface area (Å²) in [7, 11) is 0. The third-order valence-corrected chi connectivity index (χ3v) is 4.84. The van der Waals surface area contributed by atoms with Crippen molar-refractivity contribution in [2.24, 2.45) is 0 Å². The van der Waals surface area contributed by atoms with Crippen molar-refractivity contribution in [1.29, 1.82) is 0 Å². The van der Waals surface area contributed by atoms with Crippen molar-refractivity contribution in [3.8, 4) is 0 Å². The Labute approximate surface area is 157 Å². The highest BCUT2D eigenvalue weighted by molar-refractivity contribution is 8.14. The predicted octanol–water partition coefficient (Wildman–Crippen LogP) is 1.39. The smallest absolute Gasteiger partial charge is 0.248 e. The summed E-state index contributed by atoms with van der Waals surface area (Å²) in [4.78, 5) is 46.6. The van der Waals surface area contributed by atoms with Gasteiger partial charge in [-0.25, -0.2) is 0 Å². The molecule has 0 atom stereocenters. The second-order valence-corrected chi connectivity index (χ2v) is 7.11. The molecule has 0 spiro atoms. The molecule has 0 radical (unpaired) electrons. The molecule has 0 bridgehead atoms. The van der Waals surface area contributed by atoms with Crippen LogP contribution < -0.4 is 0 Å². The minimum Gasteiger partial charge on any atom is -0.373 e. The quantitative estimate of drug-likeness (QED) is 0.305. The molecule has 0 aliphatic carbocycles. The van der Waals surface area contributed by atoms with Crippen LogP contribution in [0.2, 0.25) is 0 Å². The van der Waals surface area contributed by atoms with E-state index < -0.39 is 0 Å². The van der Waals surface area contributed by atoms with E-state index in [-0.39, 0.29) is 42.2 Å². The first-order valence-corrected chi connectivity index (χ1v) is 10.2. The number of rotatable bonds is 15. The third kappa shape index (κ3) is 14.0. The van der Waals surface area contributed by atoms with E-state index in [4.69, 9.17) is 9.47 Å². The summed E-state index contributed by atoms with van der Waals surface area (Å²) >= 11 is 2.21. The SMILES string of the molecule is CCN(CC)C(=O)COCCSC(=O)CCC(=O)SCCOCC=O. The predicted molar refractivity (Wildman–Crippen MR) is 99.8 cm³/mol. The van der Waals surface area contributed by atoms with Crippen molar-refractivity contribution in [3.05, 3.63) is 0 Å². The van der Waals surface area contributed by atoms with Crippen LogP contribution in [-0.4, -0.2) is 78.3 Å². The highest BCUT2D eigenvalue weighted by Crippen LogP contribution is 2.12. The van der Waals surface area contributed by atoms with Crippen LogP contribution in [0, 0.1) is 0 Å². The van der Waals surface area contributed by atoms with Crippen LogP contribution >= 0.6 is 23.5 Å². The van der Waals surface area contributed by atoms with Crippen LogP contribution in [0.15, 0.2) is 0 Å². The molecular weight excluding hydrogens is 366 g/mol. The molecule has 0 heterocycles. The number of nitrogens with zero attached hydrogens (tertiary/aromatic N) is 1. The summed E-state index contributed by atoms with van der Waals surface area (Å²) in [5, 5.41) is -0.130. The minimum absolute atomic E-state index is 0.0255. The molecule has 0 rings (SSSR count). The Bertz CT molecular complexity index is 415. The van der Waals surface area contributed by atoms with E-state index >= 15 is 0 Å². The first-order chi connectivity index (χ1) is 12.0. The molecule has 0 saturated heterocycles. The van der Waals surface area contributed by atoms with Crippen LogP contribution in [0.25, 0.3) is 0 Å². The van der Waals surface area contributed by atoms with Gasteiger partial charge >= 0.3 is 0 Å². The van der Waals surface area contributed by atoms with E-state index in [1.54, 1.807) is 4.90 Å². The van der Waals surface area contributed by atoms with Gasteiger partial charge < -0.3 is 19.2 Å². The Hall–Kier alpha value is -0.900. The van der Waals surface area contributed by atoms with Gasteiger partial charge in [0.25, 0.3) is 0 Å². The molecule has 7 nitrogen and oxygen atoms in total. The van der Waals surface area contributed by atoms with Gasteiger partial charge in [-0.3, -0.25) is 14.4 Å². The Morgan fingerprint density at radius 1 is 0.920 bits per heavy atom. The van der Waals surface area contributed by atoms with Crippen LogP contribution in [0.5, 0.6) is 0 Å². The van der Waals surface area contributed by atoms with E-state index in [1.165, 1.54) is 0 Å². The zero-order chi connectivity index (χ0) is 18.9. The fourth-order valence-corrected chi connectivity index (χ4v) is 3.09. The number of hydrogen-bond acceptors (Lipinski definition) is 8. The largest absolute Gasteiger partial charge is 0.373 e. The van der Waals surface area contributed by atoms with E-state index in [2.05, 4.69) is 0 Å². The lowest BCUT2D eigenvalue weighted by Crippen LogP contribution is -2.33. The van der Waals surface area contributed by atoms with Gasteiger partial charge in [0, 0.05) is 37.4 Å². The monoisotopic (exact) mass is 393 g/mol. The van der Waals surface area contributed by atoms with Crippen molar-refractivity contribution in [2.75, 3.05) is 51.0 Å². The highest BCUT2D eigenvalue weighted by atomic mass is 32.2. The first-order valence-electron chi connectivity index (χ1n) is 8.23. The van der Waals surface area contributed by atoms with Gasteiger partial charge in [0.05, 0.1) is 13.2 Å². The zero-order valence-electron chi connectivity index (χ0n) is 14.9. The average Bonchev–Trinajstić information content (AvgIpc) is 2.60. The number of carbonyl (C=O) groups excluding carboxylic acids is 4. The molecule has 25 heavy (non-hydrogen) atoms. The van der Waals surface area contributed by atoms with Gasteiger partial charge in [-0.1, -0.05) is 23.5 Å². The normalized spacial score (nSPS) is 10.5. The van der Waals surface area contributed by atoms with Crippen molar-refractivity contribution >= 4 is 45.9 Å². The standard InChI is InChI=1S/C16H27NO6S2/c1-3-17(4-2)14(19)13-23-10-12-25-16(21)6-5-15(20)24-11-9-22-8-7-18/h7H,3-6,8-13H2,1-2H3. The summed E-state index contributed by atoms with van der Waals surface area (Å²) in [6, 6.07) is 0. The maximum atomic E-state index is 11.7. The first kappa shape index (κ1) is 24.1. The Morgan fingerprint density at radius 3 is 1.92 bits per heavy atom. The minimum atomic E-state index is -0.0651. The molecule has 0 aliphatic rings. The van der Waals surface area contributed by atoms with E-state index in [1.807, 2.05) is 13.8 Å². The van der Waals surface area contributed by atoms with Gasteiger partial charge in [-0.15, -0.1) is 0 Å². The summed E-state index contributed by atoms with van der Waals surface area (Å²) in [6.07, 6.45) is 1.03. The van der Waals surface area contributed by atoms with Crippen molar-refractivity contribution < 1.29 is 28.7 Å². The van der Waals surface area contributed by atoms with Crippen molar-refractivity contribution in [2.45, 2.75) is 26.7 Å². The average molecular weight is 394 g/mol. The Morgan fingerprint density at radius 2 is 1.44 bits per heavy atom. The molecule has 144 valence electrons. The summed E-state index contributed by atoms with van der Waals surface area (Å²) in [5.74, 6) is 0.884. The molecule has 0 N–H and O–H groups in total. The zero-order valence-corrected chi connectivity index (χ0v) is 16.5. The molecule has 1 amide bonds. The maximum absolute atomic E-state index is 11.7. The van der Waals surface area contributed by atoms with Gasteiger partial charge in [0.1, 0.15) is 19.5 Å². The van der Waals surface area contributed by atoms with E-state index in [0.717, 1.165) is 23.5 Å². The summed E-state index contributed by atoms with van der Waals surface area (Å²) in [6.45, 7) is 5.84. The third-order valence-electron chi connectivity index (χ3n) is 3.04. The summed E-state index contributed by atoms with van der Waals surface area (Å²) in [5.41, 5.74) is 0. The second kappa shape index (κ2) is 16.6. The van der Waals surface area contributed by atoms with Crippen LogP contribution in [0.1, 0.15) is 26.7 Å². The summed E-state index contributed by atoms with van der Waals surface area (Å²) < 4.78 is 10.2.